The highest BCUT2D eigenvalue weighted by Gasteiger charge is 2.27. The van der Waals surface area contributed by atoms with Gasteiger partial charge in [0.2, 0.25) is 0 Å². The molecule has 1 unspecified atom stereocenters. The van der Waals surface area contributed by atoms with Crippen molar-refractivity contribution in [1.82, 2.24) is 4.90 Å². The van der Waals surface area contributed by atoms with Gasteiger partial charge in [-0.15, -0.1) is 11.3 Å². The first-order valence-electron chi connectivity index (χ1n) is 7.66. The Morgan fingerprint density at radius 1 is 1.29 bits per heavy atom. The Bertz CT molecular complexity index is 498. The number of aliphatic carboxylic acids is 1. The molecule has 0 saturated carbocycles. The van der Waals surface area contributed by atoms with Gasteiger partial charge >= 0.3 is 5.97 Å². The molecule has 0 bridgehead atoms. The van der Waals surface area contributed by atoms with Crippen molar-refractivity contribution in [1.29, 1.82) is 0 Å². The van der Waals surface area contributed by atoms with Gasteiger partial charge < -0.3 is 10.0 Å². The van der Waals surface area contributed by atoms with Gasteiger partial charge in [0.1, 0.15) is 6.04 Å². The van der Waals surface area contributed by atoms with Crippen LogP contribution in [0.2, 0.25) is 0 Å². The molecule has 1 amide bonds. The zero-order valence-electron chi connectivity index (χ0n) is 12.7. The van der Waals surface area contributed by atoms with E-state index in [0.717, 1.165) is 12.8 Å². The molecule has 0 aromatic carbocycles. The van der Waals surface area contributed by atoms with E-state index in [1.807, 2.05) is 6.07 Å². The highest BCUT2D eigenvalue weighted by Crippen LogP contribution is 2.29. The van der Waals surface area contributed by atoms with Crippen LogP contribution in [-0.4, -0.2) is 35.0 Å². The lowest BCUT2D eigenvalue weighted by Gasteiger charge is -2.23. The number of carboxylic acids is 1. The van der Waals surface area contributed by atoms with Gasteiger partial charge in [0, 0.05) is 11.9 Å². The molecule has 1 N–H and O–H groups in total. The fraction of sp³-hybridized carbons (Fsp3) is 0.625. The number of carbonyl (C=O) groups excluding carboxylic acids is 1. The van der Waals surface area contributed by atoms with Gasteiger partial charge in [-0.05, 0) is 43.7 Å². The van der Waals surface area contributed by atoms with Crippen LogP contribution in [0, 0.1) is 0 Å². The van der Waals surface area contributed by atoms with Crippen molar-refractivity contribution in [2.75, 3.05) is 7.05 Å². The fourth-order valence-corrected chi connectivity index (χ4v) is 4.12. The Hall–Kier alpha value is -1.36. The third kappa shape index (κ3) is 3.64. The van der Waals surface area contributed by atoms with Crippen molar-refractivity contribution in [3.05, 3.63) is 21.4 Å². The molecule has 1 aliphatic rings. The predicted molar refractivity (Wildman–Crippen MR) is 84.0 cm³/mol. The van der Waals surface area contributed by atoms with Gasteiger partial charge in [0.15, 0.2) is 0 Å². The van der Waals surface area contributed by atoms with E-state index in [2.05, 4.69) is 0 Å². The number of amides is 1. The molecule has 0 radical (unpaired) electrons. The van der Waals surface area contributed by atoms with E-state index in [1.54, 1.807) is 25.3 Å². The van der Waals surface area contributed by atoms with Gasteiger partial charge in [-0.25, -0.2) is 4.79 Å². The summed E-state index contributed by atoms with van der Waals surface area (Å²) in [6, 6.07) is 1.24. The SMILES string of the molecule is CCC(C(=O)O)N(C)C(=O)c1cc2c(s1)CCCCCC2. The van der Waals surface area contributed by atoms with Crippen molar-refractivity contribution in [2.45, 2.75) is 57.9 Å². The maximum Gasteiger partial charge on any atom is 0.326 e. The summed E-state index contributed by atoms with van der Waals surface area (Å²) in [7, 11) is 1.59. The second kappa shape index (κ2) is 7.07. The van der Waals surface area contributed by atoms with E-state index in [-0.39, 0.29) is 5.91 Å². The summed E-state index contributed by atoms with van der Waals surface area (Å²) in [6.07, 6.45) is 7.39. The summed E-state index contributed by atoms with van der Waals surface area (Å²) in [5.74, 6) is -1.11. The lowest BCUT2D eigenvalue weighted by Crippen LogP contribution is -2.41. The summed E-state index contributed by atoms with van der Waals surface area (Å²) in [6.45, 7) is 1.79. The van der Waals surface area contributed by atoms with Gasteiger partial charge in [0.25, 0.3) is 5.91 Å². The molecule has 4 nitrogen and oxygen atoms in total. The summed E-state index contributed by atoms with van der Waals surface area (Å²) in [5, 5.41) is 9.19. The average molecular weight is 309 g/mol. The lowest BCUT2D eigenvalue weighted by molar-refractivity contribution is -0.142. The van der Waals surface area contributed by atoms with E-state index >= 15 is 0 Å². The van der Waals surface area contributed by atoms with E-state index in [9.17, 15) is 14.7 Å². The van der Waals surface area contributed by atoms with Crippen LogP contribution in [0.1, 0.15) is 59.1 Å². The number of hydrogen-bond donors (Lipinski definition) is 1. The highest BCUT2D eigenvalue weighted by molar-refractivity contribution is 7.14. The van der Waals surface area contributed by atoms with Crippen LogP contribution in [0.4, 0.5) is 0 Å². The highest BCUT2D eigenvalue weighted by atomic mass is 32.1. The minimum atomic E-state index is -0.941. The average Bonchev–Trinajstić information content (AvgIpc) is 2.80. The molecular formula is C16H23NO3S. The number of carbonyl (C=O) groups is 2. The summed E-state index contributed by atoms with van der Waals surface area (Å²) in [4.78, 5) is 27.1. The Balaban J connectivity index is 2.19. The van der Waals surface area contributed by atoms with Crippen LogP contribution in [0.25, 0.3) is 0 Å². The molecule has 0 spiro atoms. The first kappa shape index (κ1) is 16.0. The monoisotopic (exact) mass is 309 g/mol. The Morgan fingerprint density at radius 2 is 1.95 bits per heavy atom. The molecular weight excluding hydrogens is 286 g/mol. The quantitative estimate of drug-likeness (QED) is 0.928. The van der Waals surface area contributed by atoms with Gasteiger partial charge in [-0.1, -0.05) is 19.8 Å². The van der Waals surface area contributed by atoms with Crippen LogP contribution in [0.15, 0.2) is 6.07 Å². The number of likely N-dealkylation sites (N-methyl/N-ethyl adjacent to an activating group) is 1. The standard InChI is InChI=1S/C16H23NO3S/c1-3-12(16(19)20)17(2)15(18)14-10-11-8-6-4-5-7-9-13(11)21-14/h10,12H,3-9H2,1-2H3,(H,19,20). The maximum atomic E-state index is 12.5. The molecule has 1 aliphatic carbocycles. The van der Waals surface area contributed by atoms with E-state index in [1.165, 1.54) is 41.0 Å². The third-order valence-corrected chi connectivity index (χ3v) is 5.39. The summed E-state index contributed by atoms with van der Waals surface area (Å²) in [5.41, 5.74) is 1.29. The van der Waals surface area contributed by atoms with Crippen LogP contribution in [0.5, 0.6) is 0 Å². The topological polar surface area (TPSA) is 57.6 Å². The third-order valence-electron chi connectivity index (χ3n) is 4.17. The molecule has 116 valence electrons. The molecule has 0 saturated heterocycles. The number of hydrogen-bond acceptors (Lipinski definition) is 3. The molecule has 2 rings (SSSR count). The Kier molecular flexibility index (Phi) is 5.39. The molecule has 5 heteroatoms. The van der Waals surface area contributed by atoms with E-state index < -0.39 is 12.0 Å². The lowest BCUT2D eigenvalue weighted by atomic mass is 9.99. The normalized spacial score (nSPS) is 16.5. The van der Waals surface area contributed by atoms with Crippen LogP contribution < -0.4 is 0 Å². The van der Waals surface area contributed by atoms with E-state index in [4.69, 9.17) is 0 Å². The minimum Gasteiger partial charge on any atom is -0.480 e. The Morgan fingerprint density at radius 3 is 2.57 bits per heavy atom. The Labute approximate surface area is 129 Å². The minimum absolute atomic E-state index is 0.166. The number of fused-ring (bicyclic) bond motifs is 1. The smallest absolute Gasteiger partial charge is 0.326 e. The molecule has 0 aliphatic heterocycles. The zero-order valence-corrected chi connectivity index (χ0v) is 13.5. The van der Waals surface area contributed by atoms with Gasteiger partial charge in [0.05, 0.1) is 4.88 Å². The van der Waals surface area contributed by atoms with Gasteiger partial charge in [-0.3, -0.25) is 4.79 Å². The number of carboxylic acid groups (broad SMARTS) is 1. The van der Waals surface area contributed by atoms with E-state index in [0.29, 0.717) is 11.3 Å². The van der Waals surface area contributed by atoms with Crippen LogP contribution in [-0.2, 0) is 17.6 Å². The number of rotatable bonds is 4. The van der Waals surface area contributed by atoms with Crippen molar-refractivity contribution in [3.8, 4) is 0 Å². The fourth-order valence-electron chi connectivity index (χ4n) is 2.88. The maximum absolute atomic E-state index is 12.5. The van der Waals surface area contributed by atoms with Crippen molar-refractivity contribution in [3.63, 3.8) is 0 Å². The summed E-state index contributed by atoms with van der Waals surface area (Å²) < 4.78 is 0. The second-order valence-corrected chi connectivity index (χ2v) is 6.79. The first-order chi connectivity index (χ1) is 10.0. The number of thiophene rings is 1. The number of nitrogens with zero attached hydrogens (tertiary/aromatic N) is 1. The largest absolute Gasteiger partial charge is 0.480 e. The molecule has 1 heterocycles. The van der Waals surface area contributed by atoms with Crippen LogP contribution >= 0.6 is 11.3 Å². The molecule has 21 heavy (non-hydrogen) atoms. The summed E-state index contributed by atoms with van der Waals surface area (Å²) >= 11 is 1.55. The van der Waals surface area contributed by atoms with Gasteiger partial charge in [-0.2, -0.15) is 0 Å². The van der Waals surface area contributed by atoms with Crippen molar-refractivity contribution >= 4 is 23.2 Å². The molecule has 1 aromatic heterocycles. The first-order valence-corrected chi connectivity index (χ1v) is 8.47. The van der Waals surface area contributed by atoms with Crippen LogP contribution in [0.3, 0.4) is 0 Å². The van der Waals surface area contributed by atoms with Crippen molar-refractivity contribution in [2.24, 2.45) is 0 Å². The van der Waals surface area contributed by atoms with Crippen molar-refractivity contribution < 1.29 is 14.7 Å². The molecule has 1 aromatic rings. The molecule has 1 atom stereocenters. The second-order valence-electron chi connectivity index (χ2n) is 5.65. The predicted octanol–water partition coefficient (Wildman–Crippen LogP) is 3.34. The number of aryl methyl sites for hydroxylation is 2. The molecule has 0 fully saturated rings. The zero-order chi connectivity index (χ0) is 15.4.